The van der Waals surface area contributed by atoms with E-state index in [2.05, 4.69) is 31.9 Å². The molecule has 7 heteroatoms. The number of rotatable bonds is 3. The van der Waals surface area contributed by atoms with Crippen LogP contribution in [0, 0.1) is 11.3 Å². The van der Waals surface area contributed by atoms with E-state index in [0.717, 1.165) is 0 Å². The van der Waals surface area contributed by atoms with Gasteiger partial charge in [-0.15, -0.1) is 0 Å². The molecule has 21 heavy (non-hydrogen) atoms. The molecule has 2 aromatic rings. The SMILES string of the molecule is CN(c1ccc(C#N)cc1)S(=O)(=O)c1cc(Br)ccc1Br. The number of nitrogens with zero attached hydrogens (tertiary/aromatic N) is 2. The van der Waals surface area contributed by atoms with Gasteiger partial charge in [0.15, 0.2) is 0 Å². The van der Waals surface area contributed by atoms with Gasteiger partial charge in [0.25, 0.3) is 10.0 Å². The zero-order valence-corrected chi connectivity index (χ0v) is 14.9. The smallest absolute Gasteiger partial charge is 0.265 e. The first-order valence-electron chi connectivity index (χ1n) is 5.80. The summed E-state index contributed by atoms with van der Waals surface area (Å²) in [5, 5.41) is 8.78. The van der Waals surface area contributed by atoms with Crippen molar-refractivity contribution in [3.8, 4) is 6.07 Å². The molecule has 108 valence electrons. The molecule has 0 fully saturated rings. The lowest BCUT2D eigenvalue weighted by Crippen LogP contribution is -2.26. The van der Waals surface area contributed by atoms with E-state index in [1.54, 1.807) is 42.5 Å². The maximum Gasteiger partial charge on any atom is 0.265 e. The molecule has 0 atom stereocenters. The third-order valence-electron chi connectivity index (χ3n) is 2.89. The molecule has 0 aromatic heterocycles. The van der Waals surface area contributed by atoms with Crippen LogP contribution in [0.3, 0.4) is 0 Å². The number of hydrogen-bond acceptors (Lipinski definition) is 3. The van der Waals surface area contributed by atoms with Crippen LogP contribution in [0.2, 0.25) is 0 Å². The van der Waals surface area contributed by atoms with Gasteiger partial charge in [-0.2, -0.15) is 5.26 Å². The molecule has 2 rings (SSSR count). The maximum atomic E-state index is 12.7. The molecule has 0 amide bonds. The van der Waals surface area contributed by atoms with Crippen molar-refractivity contribution in [3.05, 3.63) is 57.0 Å². The molecule has 0 heterocycles. The zero-order chi connectivity index (χ0) is 15.6. The van der Waals surface area contributed by atoms with Crippen LogP contribution in [0.15, 0.2) is 56.3 Å². The van der Waals surface area contributed by atoms with Crippen molar-refractivity contribution in [1.82, 2.24) is 0 Å². The molecule has 4 nitrogen and oxygen atoms in total. The van der Waals surface area contributed by atoms with E-state index < -0.39 is 10.0 Å². The number of halogens is 2. The van der Waals surface area contributed by atoms with Gasteiger partial charge >= 0.3 is 0 Å². The zero-order valence-electron chi connectivity index (χ0n) is 10.9. The lowest BCUT2D eigenvalue weighted by Gasteiger charge is -2.20. The molecule has 0 bridgehead atoms. The molecule has 0 saturated heterocycles. The van der Waals surface area contributed by atoms with Crippen LogP contribution in [-0.2, 0) is 10.0 Å². The third kappa shape index (κ3) is 3.28. The first-order chi connectivity index (χ1) is 9.86. The summed E-state index contributed by atoms with van der Waals surface area (Å²) in [6.45, 7) is 0. The Bertz CT molecular complexity index is 812. The van der Waals surface area contributed by atoms with Gasteiger partial charge in [0.2, 0.25) is 0 Å². The van der Waals surface area contributed by atoms with Gasteiger partial charge in [-0.25, -0.2) is 8.42 Å². The van der Waals surface area contributed by atoms with Crippen LogP contribution >= 0.6 is 31.9 Å². The molecule has 0 unspecified atom stereocenters. The quantitative estimate of drug-likeness (QED) is 0.742. The summed E-state index contributed by atoms with van der Waals surface area (Å²) >= 11 is 6.53. The summed E-state index contributed by atoms with van der Waals surface area (Å²) in [5.41, 5.74) is 0.967. The van der Waals surface area contributed by atoms with E-state index in [0.29, 0.717) is 20.2 Å². The molecule has 0 radical (unpaired) electrons. The summed E-state index contributed by atoms with van der Waals surface area (Å²) in [7, 11) is -2.21. The summed E-state index contributed by atoms with van der Waals surface area (Å²) < 4.78 is 27.7. The van der Waals surface area contributed by atoms with Crippen LogP contribution < -0.4 is 4.31 Å². The van der Waals surface area contributed by atoms with Gasteiger partial charge in [0.1, 0.15) is 4.90 Å². The van der Waals surface area contributed by atoms with Gasteiger partial charge in [0, 0.05) is 16.0 Å². The van der Waals surface area contributed by atoms with Crippen LogP contribution in [0.1, 0.15) is 5.56 Å². The first-order valence-corrected chi connectivity index (χ1v) is 8.83. The molecular weight excluding hydrogens is 420 g/mol. The maximum absolute atomic E-state index is 12.7. The molecule has 0 N–H and O–H groups in total. The second kappa shape index (κ2) is 6.18. The van der Waals surface area contributed by atoms with E-state index in [4.69, 9.17) is 5.26 Å². The van der Waals surface area contributed by atoms with Crippen LogP contribution in [-0.4, -0.2) is 15.5 Å². The Morgan fingerprint density at radius 1 is 1.10 bits per heavy atom. The summed E-state index contributed by atoms with van der Waals surface area (Å²) in [6.07, 6.45) is 0. The molecular formula is C14H10Br2N2O2S. The second-order valence-electron chi connectivity index (χ2n) is 4.21. The number of anilines is 1. The Balaban J connectivity index is 2.47. The summed E-state index contributed by atoms with van der Waals surface area (Å²) in [5.74, 6) is 0. The fourth-order valence-corrected chi connectivity index (χ4v) is 4.36. The summed E-state index contributed by atoms with van der Waals surface area (Å²) in [4.78, 5) is 0.170. The Labute approximate surface area is 140 Å². The lowest BCUT2D eigenvalue weighted by molar-refractivity contribution is 0.594. The number of nitriles is 1. The highest BCUT2D eigenvalue weighted by atomic mass is 79.9. The Kier molecular flexibility index (Phi) is 4.71. The van der Waals surface area contributed by atoms with Crippen molar-refractivity contribution in [2.75, 3.05) is 11.4 Å². The molecule has 2 aromatic carbocycles. The van der Waals surface area contributed by atoms with Crippen molar-refractivity contribution in [2.45, 2.75) is 4.90 Å². The minimum atomic E-state index is -3.69. The van der Waals surface area contributed by atoms with Gasteiger partial charge in [-0.3, -0.25) is 4.31 Å². The predicted molar refractivity (Wildman–Crippen MR) is 88.6 cm³/mol. The fourth-order valence-electron chi connectivity index (χ4n) is 1.71. The Morgan fingerprint density at radius 3 is 2.29 bits per heavy atom. The average Bonchev–Trinajstić information content (AvgIpc) is 2.49. The van der Waals surface area contributed by atoms with Gasteiger partial charge in [-0.1, -0.05) is 15.9 Å². The van der Waals surface area contributed by atoms with Gasteiger partial charge < -0.3 is 0 Å². The van der Waals surface area contributed by atoms with Gasteiger partial charge in [-0.05, 0) is 58.4 Å². The second-order valence-corrected chi connectivity index (χ2v) is 7.91. The first kappa shape index (κ1) is 16.0. The van der Waals surface area contributed by atoms with Crippen molar-refractivity contribution in [1.29, 1.82) is 5.26 Å². The molecule has 0 aliphatic heterocycles. The number of sulfonamides is 1. The van der Waals surface area contributed by atoms with E-state index in [1.165, 1.54) is 11.4 Å². The largest absolute Gasteiger partial charge is 0.269 e. The highest BCUT2D eigenvalue weighted by Crippen LogP contribution is 2.30. The average molecular weight is 430 g/mol. The highest BCUT2D eigenvalue weighted by molar-refractivity contribution is 9.11. The van der Waals surface area contributed by atoms with E-state index in [1.807, 2.05) is 6.07 Å². The van der Waals surface area contributed by atoms with Crippen molar-refractivity contribution in [2.24, 2.45) is 0 Å². The van der Waals surface area contributed by atoms with Crippen molar-refractivity contribution in [3.63, 3.8) is 0 Å². The Hall–Kier alpha value is -1.36. The van der Waals surface area contributed by atoms with Crippen LogP contribution in [0.25, 0.3) is 0 Å². The third-order valence-corrected chi connectivity index (χ3v) is 6.16. The van der Waals surface area contributed by atoms with Crippen LogP contribution in [0.4, 0.5) is 5.69 Å². The summed E-state index contributed by atoms with van der Waals surface area (Å²) in [6, 6.07) is 13.3. The fraction of sp³-hybridized carbons (Fsp3) is 0.0714. The van der Waals surface area contributed by atoms with Crippen LogP contribution in [0.5, 0.6) is 0 Å². The minimum absolute atomic E-state index is 0.170. The predicted octanol–water partition coefficient (Wildman–Crippen LogP) is 3.91. The van der Waals surface area contributed by atoms with E-state index >= 15 is 0 Å². The molecule has 0 saturated carbocycles. The van der Waals surface area contributed by atoms with Gasteiger partial charge in [0.05, 0.1) is 17.3 Å². The van der Waals surface area contributed by atoms with Crippen molar-refractivity contribution < 1.29 is 8.42 Å². The monoisotopic (exact) mass is 428 g/mol. The highest BCUT2D eigenvalue weighted by Gasteiger charge is 2.24. The lowest BCUT2D eigenvalue weighted by atomic mass is 10.2. The molecule has 0 aliphatic carbocycles. The van der Waals surface area contributed by atoms with Crippen molar-refractivity contribution >= 4 is 47.6 Å². The van der Waals surface area contributed by atoms with E-state index in [-0.39, 0.29) is 4.90 Å². The minimum Gasteiger partial charge on any atom is -0.269 e. The topological polar surface area (TPSA) is 61.2 Å². The Morgan fingerprint density at radius 2 is 1.71 bits per heavy atom. The molecule has 0 spiro atoms. The standard InChI is InChI=1S/C14H10Br2N2O2S/c1-18(12-5-2-10(9-17)3-6-12)21(19,20)14-8-11(15)4-7-13(14)16/h2-8H,1H3. The number of benzene rings is 2. The molecule has 0 aliphatic rings. The normalized spacial score (nSPS) is 11.0. The number of hydrogen-bond donors (Lipinski definition) is 0. The van der Waals surface area contributed by atoms with E-state index in [9.17, 15) is 8.42 Å².